The van der Waals surface area contributed by atoms with E-state index < -0.39 is 6.04 Å². The molecule has 19 heavy (non-hydrogen) atoms. The van der Waals surface area contributed by atoms with Gasteiger partial charge in [0.25, 0.3) is 0 Å². The fourth-order valence-corrected chi connectivity index (χ4v) is 2.30. The van der Waals surface area contributed by atoms with Gasteiger partial charge in [-0.05, 0) is 24.6 Å². The third-order valence-electron chi connectivity index (χ3n) is 3.03. The van der Waals surface area contributed by atoms with Crippen LogP contribution in [0.1, 0.15) is 12.8 Å². The monoisotopic (exact) mass is 281 g/mol. The zero-order valence-corrected chi connectivity index (χ0v) is 11.2. The molecule has 0 spiro atoms. The van der Waals surface area contributed by atoms with E-state index in [1.807, 2.05) is 6.07 Å². The average molecular weight is 282 g/mol. The second kappa shape index (κ2) is 6.04. The van der Waals surface area contributed by atoms with E-state index in [1.165, 1.54) is 0 Å². The first-order valence-corrected chi connectivity index (χ1v) is 6.56. The van der Waals surface area contributed by atoms with Gasteiger partial charge in [-0.15, -0.1) is 0 Å². The van der Waals surface area contributed by atoms with E-state index in [1.54, 1.807) is 23.1 Å². The molecule has 1 atom stereocenters. The van der Waals surface area contributed by atoms with Crippen molar-refractivity contribution in [1.29, 1.82) is 0 Å². The summed E-state index contributed by atoms with van der Waals surface area (Å²) in [6.07, 6.45) is 0.836. The Kier molecular flexibility index (Phi) is 4.39. The van der Waals surface area contributed by atoms with Gasteiger partial charge in [0, 0.05) is 30.2 Å². The number of anilines is 1. The topological polar surface area (TPSA) is 75.4 Å². The SMILES string of the molecule is NCCC(=O)NC1CCN(c2cccc(Cl)c2)C1=O. The average Bonchev–Trinajstić information content (AvgIpc) is 2.71. The van der Waals surface area contributed by atoms with Gasteiger partial charge in [0.15, 0.2) is 0 Å². The number of benzene rings is 1. The lowest BCUT2D eigenvalue weighted by Crippen LogP contribution is -2.42. The fourth-order valence-electron chi connectivity index (χ4n) is 2.11. The minimum atomic E-state index is -0.460. The Morgan fingerprint density at radius 1 is 1.53 bits per heavy atom. The van der Waals surface area contributed by atoms with E-state index in [0.29, 0.717) is 18.0 Å². The Morgan fingerprint density at radius 3 is 3.00 bits per heavy atom. The normalized spacial score (nSPS) is 18.7. The number of nitrogens with zero attached hydrogens (tertiary/aromatic N) is 1. The summed E-state index contributed by atoms with van der Waals surface area (Å²) in [6, 6.07) is 6.66. The molecule has 1 aliphatic rings. The summed E-state index contributed by atoms with van der Waals surface area (Å²) in [7, 11) is 0. The van der Waals surface area contributed by atoms with Gasteiger partial charge in [-0.1, -0.05) is 17.7 Å². The Bertz CT molecular complexity index is 493. The number of amides is 2. The number of hydrogen-bond acceptors (Lipinski definition) is 3. The molecule has 0 bridgehead atoms. The molecule has 2 amide bonds. The maximum atomic E-state index is 12.2. The van der Waals surface area contributed by atoms with E-state index in [-0.39, 0.29) is 24.8 Å². The van der Waals surface area contributed by atoms with Crippen molar-refractivity contribution >= 4 is 29.1 Å². The van der Waals surface area contributed by atoms with Gasteiger partial charge in [0.1, 0.15) is 6.04 Å². The smallest absolute Gasteiger partial charge is 0.249 e. The standard InChI is InChI=1S/C13H16ClN3O2/c14-9-2-1-3-10(8-9)17-7-5-11(13(17)19)16-12(18)4-6-15/h1-3,8,11H,4-7,15H2,(H,16,18). The molecule has 3 N–H and O–H groups in total. The van der Waals surface area contributed by atoms with Crippen molar-refractivity contribution in [2.75, 3.05) is 18.0 Å². The molecule has 0 aliphatic carbocycles. The molecule has 2 rings (SSSR count). The molecular weight excluding hydrogens is 266 g/mol. The summed E-state index contributed by atoms with van der Waals surface area (Å²) >= 11 is 5.91. The summed E-state index contributed by atoms with van der Waals surface area (Å²) in [6.45, 7) is 0.859. The van der Waals surface area contributed by atoms with Crippen LogP contribution in [0, 0.1) is 0 Å². The quantitative estimate of drug-likeness (QED) is 0.861. The van der Waals surface area contributed by atoms with Crippen LogP contribution in [0.4, 0.5) is 5.69 Å². The molecule has 1 aromatic carbocycles. The van der Waals surface area contributed by atoms with Crippen LogP contribution in [0.2, 0.25) is 5.02 Å². The molecule has 1 heterocycles. The first-order chi connectivity index (χ1) is 9.11. The first-order valence-electron chi connectivity index (χ1n) is 6.18. The zero-order valence-electron chi connectivity index (χ0n) is 10.4. The number of nitrogens with two attached hydrogens (primary N) is 1. The van der Waals surface area contributed by atoms with E-state index >= 15 is 0 Å². The molecule has 5 nitrogen and oxygen atoms in total. The van der Waals surface area contributed by atoms with Gasteiger partial charge in [0.05, 0.1) is 0 Å². The molecule has 1 unspecified atom stereocenters. The molecule has 0 aromatic heterocycles. The Balaban J connectivity index is 2.03. The molecule has 1 aromatic rings. The molecule has 1 fully saturated rings. The van der Waals surface area contributed by atoms with Gasteiger partial charge >= 0.3 is 0 Å². The predicted molar refractivity (Wildman–Crippen MR) is 74.0 cm³/mol. The summed E-state index contributed by atoms with van der Waals surface area (Å²) in [5.41, 5.74) is 6.06. The number of nitrogens with one attached hydrogen (secondary N) is 1. The largest absolute Gasteiger partial charge is 0.344 e. The van der Waals surface area contributed by atoms with Crippen molar-refractivity contribution in [3.05, 3.63) is 29.3 Å². The van der Waals surface area contributed by atoms with Crippen molar-refractivity contribution in [1.82, 2.24) is 5.32 Å². The molecule has 102 valence electrons. The number of halogens is 1. The number of hydrogen-bond donors (Lipinski definition) is 2. The van der Waals surface area contributed by atoms with Crippen LogP contribution in [0.25, 0.3) is 0 Å². The highest BCUT2D eigenvalue weighted by Crippen LogP contribution is 2.24. The zero-order chi connectivity index (χ0) is 13.8. The highest BCUT2D eigenvalue weighted by molar-refractivity contribution is 6.31. The van der Waals surface area contributed by atoms with Crippen molar-refractivity contribution in [3.63, 3.8) is 0 Å². The lowest BCUT2D eigenvalue weighted by molar-refractivity contribution is -0.126. The molecule has 0 radical (unpaired) electrons. The van der Waals surface area contributed by atoms with E-state index in [9.17, 15) is 9.59 Å². The Labute approximate surface area is 116 Å². The summed E-state index contributed by atoms with van der Waals surface area (Å²) in [5.74, 6) is -0.290. The first kappa shape index (κ1) is 13.8. The number of carbonyl (C=O) groups excluding carboxylic acids is 2. The lowest BCUT2D eigenvalue weighted by Gasteiger charge is -2.17. The van der Waals surface area contributed by atoms with Crippen molar-refractivity contribution in [3.8, 4) is 0 Å². The fraction of sp³-hybridized carbons (Fsp3) is 0.385. The van der Waals surface area contributed by atoms with Gasteiger partial charge < -0.3 is 16.0 Å². The van der Waals surface area contributed by atoms with E-state index in [4.69, 9.17) is 17.3 Å². The Hall–Kier alpha value is -1.59. The van der Waals surface area contributed by atoms with Crippen LogP contribution in [-0.2, 0) is 9.59 Å². The molecular formula is C13H16ClN3O2. The van der Waals surface area contributed by atoms with E-state index in [0.717, 1.165) is 5.69 Å². The second-order valence-corrected chi connectivity index (χ2v) is 4.85. The summed E-state index contributed by atoms with van der Waals surface area (Å²) < 4.78 is 0. The van der Waals surface area contributed by atoms with E-state index in [2.05, 4.69) is 5.32 Å². The molecule has 6 heteroatoms. The maximum absolute atomic E-state index is 12.2. The predicted octanol–water partition coefficient (Wildman–Crippen LogP) is 0.910. The molecule has 1 saturated heterocycles. The van der Waals surface area contributed by atoms with Crippen molar-refractivity contribution < 1.29 is 9.59 Å². The van der Waals surface area contributed by atoms with Crippen molar-refractivity contribution in [2.24, 2.45) is 5.73 Å². The second-order valence-electron chi connectivity index (χ2n) is 4.42. The third kappa shape index (κ3) is 3.24. The lowest BCUT2D eigenvalue weighted by atomic mass is 10.2. The van der Waals surface area contributed by atoms with Crippen LogP contribution in [0.3, 0.4) is 0 Å². The highest BCUT2D eigenvalue weighted by Gasteiger charge is 2.33. The molecule has 0 saturated carbocycles. The number of rotatable bonds is 4. The van der Waals surface area contributed by atoms with Crippen LogP contribution in [0.5, 0.6) is 0 Å². The van der Waals surface area contributed by atoms with Crippen LogP contribution < -0.4 is 16.0 Å². The molecule has 1 aliphatic heterocycles. The highest BCUT2D eigenvalue weighted by atomic mass is 35.5. The van der Waals surface area contributed by atoms with Crippen LogP contribution in [-0.4, -0.2) is 30.9 Å². The number of carbonyl (C=O) groups is 2. The van der Waals surface area contributed by atoms with Crippen molar-refractivity contribution in [2.45, 2.75) is 18.9 Å². The third-order valence-corrected chi connectivity index (χ3v) is 3.27. The minimum absolute atomic E-state index is 0.104. The summed E-state index contributed by atoms with van der Waals surface area (Å²) in [4.78, 5) is 25.3. The van der Waals surface area contributed by atoms with Crippen LogP contribution >= 0.6 is 11.6 Å². The van der Waals surface area contributed by atoms with Gasteiger partial charge in [-0.3, -0.25) is 9.59 Å². The van der Waals surface area contributed by atoms with Gasteiger partial charge in [-0.25, -0.2) is 0 Å². The maximum Gasteiger partial charge on any atom is 0.249 e. The van der Waals surface area contributed by atoms with Gasteiger partial charge in [-0.2, -0.15) is 0 Å². The summed E-state index contributed by atoms with van der Waals surface area (Å²) in [5, 5.41) is 3.28. The van der Waals surface area contributed by atoms with Crippen LogP contribution in [0.15, 0.2) is 24.3 Å². The minimum Gasteiger partial charge on any atom is -0.344 e. The Morgan fingerprint density at radius 2 is 2.32 bits per heavy atom. The van der Waals surface area contributed by atoms with Gasteiger partial charge in [0.2, 0.25) is 11.8 Å².